The van der Waals surface area contributed by atoms with Crippen molar-refractivity contribution in [3.05, 3.63) is 35.1 Å². The van der Waals surface area contributed by atoms with Crippen molar-refractivity contribution in [1.82, 2.24) is 0 Å². The van der Waals surface area contributed by atoms with E-state index in [9.17, 15) is 17.6 Å². The highest BCUT2D eigenvalue weighted by atomic mass is 19.4. The Labute approximate surface area is 167 Å². The third-order valence-corrected chi connectivity index (χ3v) is 7.32. The van der Waals surface area contributed by atoms with E-state index in [1.54, 1.807) is 6.07 Å². The fourth-order valence-electron chi connectivity index (χ4n) is 5.62. The van der Waals surface area contributed by atoms with Gasteiger partial charge in [0.2, 0.25) is 0 Å². The molecule has 0 radical (unpaired) electrons. The molecule has 1 aromatic rings. The summed E-state index contributed by atoms with van der Waals surface area (Å²) in [5, 5.41) is 0. The van der Waals surface area contributed by atoms with Crippen LogP contribution in [-0.2, 0) is 6.18 Å². The van der Waals surface area contributed by atoms with Crippen LogP contribution in [0.25, 0.3) is 0 Å². The molecule has 1 aromatic carbocycles. The molecule has 0 aromatic heterocycles. The topological polar surface area (TPSA) is 0 Å². The molecular weight excluding hydrogens is 364 g/mol. The molecule has 0 N–H and O–H groups in total. The molecule has 0 amide bonds. The highest BCUT2D eigenvalue weighted by molar-refractivity contribution is 5.31. The molecule has 0 unspecified atom stereocenters. The van der Waals surface area contributed by atoms with Crippen molar-refractivity contribution < 1.29 is 17.6 Å². The van der Waals surface area contributed by atoms with E-state index in [-0.39, 0.29) is 11.5 Å². The molecule has 0 bridgehead atoms. The molecule has 0 saturated heterocycles. The number of benzene rings is 1. The van der Waals surface area contributed by atoms with Gasteiger partial charge in [0.15, 0.2) is 0 Å². The Morgan fingerprint density at radius 1 is 0.857 bits per heavy atom. The van der Waals surface area contributed by atoms with Crippen molar-refractivity contribution in [2.75, 3.05) is 0 Å². The number of hydrogen-bond donors (Lipinski definition) is 0. The summed E-state index contributed by atoms with van der Waals surface area (Å²) >= 11 is 0. The summed E-state index contributed by atoms with van der Waals surface area (Å²) < 4.78 is 53.4. The summed E-state index contributed by atoms with van der Waals surface area (Å²) in [4.78, 5) is 0. The Bertz CT molecular complexity index is 606. The lowest BCUT2D eigenvalue weighted by atomic mass is 9.68. The van der Waals surface area contributed by atoms with Crippen molar-refractivity contribution in [3.63, 3.8) is 0 Å². The monoisotopic (exact) mass is 398 g/mol. The van der Waals surface area contributed by atoms with Gasteiger partial charge in [-0.3, -0.25) is 0 Å². The van der Waals surface area contributed by atoms with Crippen LogP contribution < -0.4 is 0 Å². The van der Waals surface area contributed by atoms with Crippen molar-refractivity contribution in [2.24, 2.45) is 17.8 Å². The van der Waals surface area contributed by atoms with Crippen LogP contribution in [0, 0.1) is 23.6 Å². The summed E-state index contributed by atoms with van der Waals surface area (Å²) in [6.45, 7) is 2.25. The first-order valence-corrected chi connectivity index (χ1v) is 11.3. The standard InChI is InChI=1S/C24H34F4/c1-2-3-4-6-17-9-11-18(12-10-17)19-13-15-20(16-14-19)21-7-5-8-22(23(21)25)24(26,27)28/h5,7-8,17-20H,2-4,6,9-16H2,1H3. The van der Waals surface area contributed by atoms with Crippen molar-refractivity contribution in [2.45, 2.75) is 96.1 Å². The van der Waals surface area contributed by atoms with Crippen LogP contribution in [0.2, 0.25) is 0 Å². The first kappa shape index (κ1) is 21.6. The Morgan fingerprint density at radius 3 is 2.04 bits per heavy atom. The minimum Gasteiger partial charge on any atom is -0.206 e. The van der Waals surface area contributed by atoms with E-state index in [2.05, 4.69) is 6.92 Å². The van der Waals surface area contributed by atoms with Gasteiger partial charge in [0.05, 0.1) is 5.56 Å². The second kappa shape index (κ2) is 9.63. The van der Waals surface area contributed by atoms with Crippen LogP contribution in [-0.4, -0.2) is 0 Å². The fraction of sp³-hybridized carbons (Fsp3) is 0.750. The molecule has 0 aliphatic heterocycles. The Kier molecular flexibility index (Phi) is 7.44. The summed E-state index contributed by atoms with van der Waals surface area (Å²) in [7, 11) is 0. The van der Waals surface area contributed by atoms with E-state index >= 15 is 0 Å². The third kappa shape index (κ3) is 5.30. The van der Waals surface area contributed by atoms with Gasteiger partial charge < -0.3 is 0 Å². The highest BCUT2D eigenvalue weighted by Crippen LogP contribution is 2.45. The first-order valence-electron chi connectivity index (χ1n) is 11.3. The van der Waals surface area contributed by atoms with Crippen molar-refractivity contribution in [3.8, 4) is 0 Å². The van der Waals surface area contributed by atoms with Crippen molar-refractivity contribution >= 4 is 0 Å². The molecule has 2 aliphatic rings. The molecule has 0 atom stereocenters. The van der Waals surface area contributed by atoms with Gasteiger partial charge in [-0.2, -0.15) is 13.2 Å². The first-order chi connectivity index (χ1) is 13.4. The normalized spacial score (nSPS) is 29.0. The second-order valence-electron chi connectivity index (χ2n) is 9.09. The van der Waals surface area contributed by atoms with E-state index in [0.29, 0.717) is 5.92 Å². The smallest absolute Gasteiger partial charge is 0.206 e. The number of halogens is 4. The van der Waals surface area contributed by atoms with Gasteiger partial charge >= 0.3 is 6.18 Å². The summed E-state index contributed by atoms with van der Waals surface area (Å²) in [6.07, 6.45) is 9.76. The lowest BCUT2D eigenvalue weighted by molar-refractivity contribution is -0.140. The Morgan fingerprint density at radius 2 is 1.46 bits per heavy atom. The molecule has 3 rings (SSSR count). The van der Waals surface area contributed by atoms with E-state index < -0.39 is 17.6 Å². The minimum atomic E-state index is -4.62. The number of hydrogen-bond acceptors (Lipinski definition) is 0. The van der Waals surface area contributed by atoms with Gasteiger partial charge in [0.25, 0.3) is 0 Å². The number of unbranched alkanes of at least 4 members (excludes halogenated alkanes) is 2. The lowest BCUT2D eigenvalue weighted by Gasteiger charge is -2.38. The average molecular weight is 399 g/mol. The summed E-state index contributed by atoms with van der Waals surface area (Å²) in [5.74, 6) is 1.24. The zero-order valence-electron chi connectivity index (χ0n) is 17.0. The number of rotatable bonds is 6. The number of alkyl halides is 3. The molecule has 4 heteroatoms. The predicted molar refractivity (Wildman–Crippen MR) is 106 cm³/mol. The lowest BCUT2D eigenvalue weighted by Crippen LogP contribution is -2.26. The molecule has 0 heterocycles. The van der Waals surface area contributed by atoms with Crippen LogP contribution in [0.4, 0.5) is 17.6 Å². The Balaban J connectivity index is 1.51. The SMILES string of the molecule is CCCCCC1CCC(C2CCC(c3cccc(C(F)(F)F)c3F)CC2)CC1. The molecule has 28 heavy (non-hydrogen) atoms. The minimum absolute atomic E-state index is 0.0658. The summed E-state index contributed by atoms with van der Waals surface area (Å²) in [6, 6.07) is 3.76. The van der Waals surface area contributed by atoms with Crippen LogP contribution in [0.3, 0.4) is 0 Å². The van der Waals surface area contributed by atoms with Crippen LogP contribution >= 0.6 is 0 Å². The zero-order valence-corrected chi connectivity index (χ0v) is 17.0. The van der Waals surface area contributed by atoms with Gasteiger partial charge in [-0.1, -0.05) is 57.6 Å². The van der Waals surface area contributed by atoms with Crippen LogP contribution in [0.15, 0.2) is 18.2 Å². The molecule has 2 aliphatic carbocycles. The largest absolute Gasteiger partial charge is 0.419 e. The predicted octanol–water partition coefficient (Wildman–Crippen LogP) is 8.51. The maximum atomic E-state index is 14.5. The summed E-state index contributed by atoms with van der Waals surface area (Å²) in [5.41, 5.74) is -0.846. The van der Waals surface area contributed by atoms with Gasteiger partial charge in [0, 0.05) is 0 Å². The van der Waals surface area contributed by atoms with E-state index in [0.717, 1.165) is 43.6 Å². The maximum Gasteiger partial charge on any atom is 0.419 e. The molecule has 2 fully saturated rings. The second-order valence-corrected chi connectivity index (χ2v) is 9.09. The molecule has 0 nitrogen and oxygen atoms in total. The third-order valence-electron chi connectivity index (χ3n) is 7.32. The average Bonchev–Trinajstić information content (AvgIpc) is 2.68. The van der Waals surface area contributed by atoms with E-state index in [4.69, 9.17) is 0 Å². The van der Waals surface area contributed by atoms with Gasteiger partial charge in [0.1, 0.15) is 5.82 Å². The van der Waals surface area contributed by atoms with Crippen LogP contribution in [0.5, 0.6) is 0 Å². The van der Waals surface area contributed by atoms with E-state index in [1.807, 2.05) is 0 Å². The van der Waals surface area contributed by atoms with Crippen LogP contribution in [0.1, 0.15) is 101 Å². The maximum absolute atomic E-state index is 14.5. The molecule has 158 valence electrons. The van der Waals surface area contributed by atoms with Gasteiger partial charge in [-0.15, -0.1) is 0 Å². The van der Waals surface area contributed by atoms with Crippen molar-refractivity contribution in [1.29, 1.82) is 0 Å². The highest BCUT2D eigenvalue weighted by Gasteiger charge is 2.37. The fourth-order valence-corrected chi connectivity index (χ4v) is 5.62. The molecule has 2 saturated carbocycles. The Hall–Kier alpha value is -1.06. The van der Waals surface area contributed by atoms with Gasteiger partial charge in [-0.25, -0.2) is 4.39 Å². The van der Waals surface area contributed by atoms with E-state index in [1.165, 1.54) is 57.4 Å². The zero-order chi connectivity index (χ0) is 20.1. The van der Waals surface area contributed by atoms with Gasteiger partial charge in [-0.05, 0) is 73.8 Å². The quantitative estimate of drug-likeness (QED) is 0.333. The molecular formula is C24H34F4. The molecule has 0 spiro atoms.